The molecule has 3 heteroatoms. The van der Waals surface area contributed by atoms with E-state index in [1.165, 1.54) is 0 Å². The van der Waals surface area contributed by atoms with Crippen LogP contribution >= 0.6 is 11.6 Å². The zero-order valence-corrected chi connectivity index (χ0v) is 3.44. The molecular weight excluding hydrogens is 89.5 g/mol. The zero-order chi connectivity index (χ0) is 4.28. The van der Waals surface area contributed by atoms with E-state index in [1.807, 2.05) is 0 Å². The van der Waals surface area contributed by atoms with Crippen molar-refractivity contribution >= 4 is 11.6 Å². The Morgan fingerprint density at radius 1 is 2.00 bits per heavy atom. The van der Waals surface area contributed by atoms with Crippen LogP contribution in [-0.2, 0) is 0 Å². The first-order valence-corrected chi connectivity index (χ1v) is 1.73. The molecule has 0 fully saturated rings. The Balaban J connectivity index is 2.54. The van der Waals surface area contributed by atoms with Gasteiger partial charge < -0.3 is 10.8 Å². The van der Waals surface area contributed by atoms with E-state index >= 15 is 0 Å². The normalized spacial score (nSPS) is 15.0. The molecule has 0 spiro atoms. The molecule has 1 atom stereocenters. The van der Waals surface area contributed by atoms with Gasteiger partial charge in [0, 0.05) is 6.54 Å². The van der Waals surface area contributed by atoms with E-state index in [-0.39, 0.29) is 6.54 Å². The lowest BCUT2D eigenvalue weighted by Gasteiger charge is -1.88. The van der Waals surface area contributed by atoms with Crippen LogP contribution in [-0.4, -0.2) is 17.2 Å². The summed E-state index contributed by atoms with van der Waals surface area (Å²) in [4.78, 5) is 0. The highest BCUT2D eigenvalue weighted by Crippen LogP contribution is 1.79. The molecule has 0 saturated carbocycles. The SMILES string of the molecule is NCC(O)Cl. The number of aliphatic hydroxyl groups excluding tert-OH is 1. The summed E-state index contributed by atoms with van der Waals surface area (Å²) >= 11 is 4.89. The average molecular weight is 95.5 g/mol. The molecule has 0 rings (SSSR count). The van der Waals surface area contributed by atoms with Crippen LogP contribution in [0.5, 0.6) is 0 Å². The van der Waals surface area contributed by atoms with Gasteiger partial charge in [-0.2, -0.15) is 0 Å². The van der Waals surface area contributed by atoms with Crippen molar-refractivity contribution in [1.82, 2.24) is 0 Å². The molecule has 0 heterocycles. The van der Waals surface area contributed by atoms with Crippen molar-refractivity contribution in [2.75, 3.05) is 6.54 Å². The second-order valence-electron chi connectivity index (χ2n) is 0.670. The first kappa shape index (κ1) is 5.21. The highest BCUT2D eigenvalue weighted by Gasteiger charge is 1.85. The van der Waals surface area contributed by atoms with Crippen LogP contribution < -0.4 is 5.73 Å². The van der Waals surface area contributed by atoms with Gasteiger partial charge in [-0.25, -0.2) is 0 Å². The van der Waals surface area contributed by atoms with Gasteiger partial charge in [0.15, 0.2) is 0 Å². The second-order valence-corrected chi connectivity index (χ2v) is 1.17. The van der Waals surface area contributed by atoms with Gasteiger partial charge in [0.2, 0.25) is 0 Å². The Morgan fingerprint density at radius 2 is 2.20 bits per heavy atom. The van der Waals surface area contributed by atoms with Gasteiger partial charge in [-0.15, -0.1) is 0 Å². The summed E-state index contributed by atoms with van der Waals surface area (Å²) in [6.45, 7) is 0.127. The number of halogens is 1. The maximum atomic E-state index is 8.00. The van der Waals surface area contributed by atoms with Crippen LogP contribution in [0.15, 0.2) is 0 Å². The molecule has 3 N–H and O–H groups in total. The maximum Gasteiger partial charge on any atom is 0.140 e. The topological polar surface area (TPSA) is 46.2 Å². The van der Waals surface area contributed by atoms with Crippen molar-refractivity contribution < 1.29 is 5.11 Å². The Morgan fingerprint density at radius 3 is 2.20 bits per heavy atom. The van der Waals surface area contributed by atoms with Crippen molar-refractivity contribution in [3.8, 4) is 0 Å². The van der Waals surface area contributed by atoms with E-state index in [4.69, 9.17) is 22.4 Å². The zero-order valence-electron chi connectivity index (χ0n) is 2.69. The van der Waals surface area contributed by atoms with Gasteiger partial charge >= 0.3 is 0 Å². The Hall–Kier alpha value is 0.210. The summed E-state index contributed by atoms with van der Waals surface area (Å²) in [7, 11) is 0. The molecule has 0 bridgehead atoms. The molecule has 32 valence electrons. The predicted octanol–water partition coefficient (Wildman–Crippen LogP) is -0.498. The highest BCUT2D eigenvalue weighted by molar-refractivity contribution is 6.19. The fourth-order valence-electron chi connectivity index (χ4n) is 0. The molecule has 0 aromatic rings. The molecule has 0 aliphatic carbocycles. The molecule has 0 radical (unpaired) electrons. The highest BCUT2D eigenvalue weighted by atomic mass is 35.5. The third-order valence-corrected chi connectivity index (χ3v) is 0.373. The number of hydrogen-bond donors (Lipinski definition) is 2. The van der Waals surface area contributed by atoms with Crippen LogP contribution in [0.3, 0.4) is 0 Å². The number of alkyl halides is 1. The number of nitrogens with two attached hydrogens (primary N) is 1. The lowest BCUT2D eigenvalue weighted by Crippen LogP contribution is -2.11. The van der Waals surface area contributed by atoms with Gasteiger partial charge in [-0.05, 0) is 0 Å². The first-order valence-electron chi connectivity index (χ1n) is 1.29. The molecule has 2 nitrogen and oxygen atoms in total. The molecule has 0 aromatic carbocycles. The fourth-order valence-corrected chi connectivity index (χ4v) is 0. The van der Waals surface area contributed by atoms with Gasteiger partial charge in [0.05, 0.1) is 0 Å². The van der Waals surface area contributed by atoms with E-state index in [1.54, 1.807) is 0 Å². The van der Waals surface area contributed by atoms with E-state index in [0.717, 1.165) is 0 Å². The molecule has 5 heavy (non-hydrogen) atoms. The monoisotopic (exact) mass is 95.0 g/mol. The van der Waals surface area contributed by atoms with Crippen LogP contribution in [0.1, 0.15) is 0 Å². The van der Waals surface area contributed by atoms with Crippen molar-refractivity contribution in [2.45, 2.75) is 5.56 Å². The molecule has 0 aliphatic rings. The van der Waals surface area contributed by atoms with E-state index < -0.39 is 5.56 Å². The molecule has 0 aliphatic heterocycles. The third-order valence-electron chi connectivity index (χ3n) is 0.194. The van der Waals surface area contributed by atoms with E-state index in [9.17, 15) is 0 Å². The maximum absolute atomic E-state index is 8.00. The van der Waals surface area contributed by atoms with E-state index in [0.29, 0.717) is 0 Å². The van der Waals surface area contributed by atoms with Crippen molar-refractivity contribution in [3.63, 3.8) is 0 Å². The largest absolute Gasteiger partial charge is 0.376 e. The predicted molar refractivity (Wildman–Crippen MR) is 20.9 cm³/mol. The standard InChI is InChI=1S/C2H6ClNO/c3-2(5)1-4/h2,5H,1,4H2. The van der Waals surface area contributed by atoms with Gasteiger partial charge in [-0.3, -0.25) is 0 Å². The van der Waals surface area contributed by atoms with Gasteiger partial charge in [-0.1, -0.05) is 11.6 Å². The average Bonchev–Trinajstić information content (AvgIpc) is 1.38. The van der Waals surface area contributed by atoms with Crippen LogP contribution in [0.25, 0.3) is 0 Å². The Labute approximate surface area is 35.5 Å². The van der Waals surface area contributed by atoms with Crippen molar-refractivity contribution in [3.05, 3.63) is 0 Å². The minimum absolute atomic E-state index is 0.127. The summed E-state index contributed by atoms with van der Waals surface area (Å²) in [5, 5.41) is 8.00. The number of rotatable bonds is 1. The van der Waals surface area contributed by atoms with Gasteiger partial charge in [0.1, 0.15) is 5.56 Å². The third kappa shape index (κ3) is 4.21. The number of aliphatic hydroxyl groups is 1. The smallest absolute Gasteiger partial charge is 0.140 e. The van der Waals surface area contributed by atoms with Crippen LogP contribution in [0.4, 0.5) is 0 Å². The molecule has 0 aromatic heterocycles. The fraction of sp³-hybridized carbons (Fsp3) is 1.00. The number of hydrogen-bond acceptors (Lipinski definition) is 2. The summed E-state index contributed by atoms with van der Waals surface area (Å²) in [5.74, 6) is 0. The lowest BCUT2D eigenvalue weighted by atomic mass is 10.7. The minimum atomic E-state index is -0.866. The van der Waals surface area contributed by atoms with E-state index in [2.05, 4.69) is 0 Å². The Kier molecular flexibility index (Phi) is 2.55. The summed E-state index contributed by atoms with van der Waals surface area (Å²) in [6, 6.07) is 0. The Bertz CT molecular complexity index is 23.6. The summed E-state index contributed by atoms with van der Waals surface area (Å²) in [5.41, 5.74) is 3.92. The van der Waals surface area contributed by atoms with Gasteiger partial charge in [0.25, 0.3) is 0 Å². The molecule has 0 amide bonds. The van der Waals surface area contributed by atoms with Crippen molar-refractivity contribution in [2.24, 2.45) is 5.73 Å². The summed E-state index contributed by atoms with van der Waals surface area (Å²) in [6.07, 6.45) is 0. The molecular formula is C2H6ClNO. The quantitative estimate of drug-likeness (QED) is 0.432. The lowest BCUT2D eigenvalue weighted by molar-refractivity contribution is 0.264. The molecule has 0 saturated heterocycles. The van der Waals surface area contributed by atoms with Crippen LogP contribution in [0, 0.1) is 0 Å². The second kappa shape index (κ2) is 2.45. The minimum Gasteiger partial charge on any atom is -0.376 e. The molecule has 1 unspecified atom stereocenters. The van der Waals surface area contributed by atoms with Crippen molar-refractivity contribution in [1.29, 1.82) is 0 Å². The van der Waals surface area contributed by atoms with Crippen LogP contribution in [0.2, 0.25) is 0 Å². The summed E-state index contributed by atoms with van der Waals surface area (Å²) < 4.78 is 0. The first-order chi connectivity index (χ1) is 2.27.